The van der Waals surface area contributed by atoms with Crippen molar-refractivity contribution in [1.29, 1.82) is 0 Å². The van der Waals surface area contributed by atoms with Gasteiger partial charge in [0.25, 0.3) is 0 Å². The first-order chi connectivity index (χ1) is 16.8. The van der Waals surface area contributed by atoms with E-state index < -0.39 is 5.97 Å². The van der Waals surface area contributed by atoms with Crippen molar-refractivity contribution in [3.8, 4) is 11.5 Å². The maximum atomic E-state index is 12.5. The predicted octanol–water partition coefficient (Wildman–Crippen LogP) is 7.50. The van der Waals surface area contributed by atoms with Crippen molar-refractivity contribution in [2.45, 2.75) is 33.3 Å². The van der Waals surface area contributed by atoms with Gasteiger partial charge in [-0.05, 0) is 111 Å². The molecule has 0 bridgehead atoms. The number of rotatable bonds is 8. The molecule has 5 nitrogen and oxygen atoms in total. The minimum atomic E-state index is -0.485. The van der Waals surface area contributed by atoms with Crippen molar-refractivity contribution < 1.29 is 19.0 Å². The van der Waals surface area contributed by atoms with Crippen LogP contribution in [0.5, 0.6) is 11.5 Å². The van der Waals surface area contributed by atoms with Gasteiger partial charge in [0.1, 0.15) is 6.61 Å². The third kappa shape index (κ3) is 6.32. The standard InChI is InChI=1S/C28H25BrINO4/c1-4-33-25-15-19(13-23(29)26(25)34-16-18-6-5-7-22(30)12-18)14-24-28(32)35-27(31-24)21-10-8-20(9-11-21)17(2)3/h5-15,17H,4,16H2,1-3H3/b24-14-. The van der Waals surface area contributed by atoms with E-state index in [1.54, 1.807) is 6.08 Å². The van der Waals surface area contributed by atoms with Gasteiger partial charge in [0, 0.05) is 9.13 Å². The van der Waals surface area contributed by atoms with Crippen LogP contribution < -0.4 is 9.47 Å². The summed E-state index contributed by atoms with van der Waals surface area (Å²) < 4.78 is 19.2. The first kappa shape index (κ1) is 25.4. The number of aliphatic imine (C=N–C) groups is 1. The Hall–Kier alpha value is -2.65. The van der Waals surface area contributed by atoms with Crippen molar-refractivity contribution in [3.63, 3.8) is 0 Å². The maximum Gasteiger partial charge on any atom is 0.363 e. The van der Waals surface area contributed by atoms with Gasteiger partial charge in [-0.25, -0.2) is 9.79 Å². The number of cyclic esters (lactones) is 1. The number of esters is 1. The normalized spacial score (nSPS) is 14.3. The molecule has 0 N–H and O–H groups in total. The Morgan fingerprint density at radius 1 is 1.09 bits per heavy atom. The predicted molar refractivity (Wildman–Crippen MR) is 150 cm³/mol. The second-order valence-electron chi connectivity index (χ2n) is 8.29. The number of halogens is 2. The highest BCUT2D eigenvalue weighted by Crippen LogP contribution is 2.38. The van der Waals surface area contributed by atoms with Crippen LogP contribution >= 0.6 is 38.5 Å². The summed E-state index contributed by atoms with van der Waals surface area (Å²) >= 11 is 5.88. The molecule has 4 rings (SSSR count). The summed E-state index contributed by atoms with van der Waals surface area (Å²) in [5.41, 5.74) is 4.02. The Morgan fingerprint density at radius 3 is 2.54 bits per heavy atom. The molecule has 0 atom stereocenters. The summed E-state index contributed by atoms with van der Waals surface area (Å²) in [6.07, 6.45) is 1.69. The average molecular weight is 646 g/mol. The molecule has 7 heteroatoms. The van der Waals surface area contributed by atoms with Gasteiger partial charge in [-0.3, -0.25) is 0 Å². The largest absolute Gasteiger partial charge is 0.490 e. The van der Waals surface area contributed by atoms with Gasteiger partial charge in [-0.2, -0.15) is 0 Å². The van der Waals surface area contributed by atoms with E-state index in [9.17, 15) is 4.79 Å². The molecule has 1 heterocycles. The number of hydrogen-bond acceptors (Lipinski definition) is 5. The molecular formula is C28H25BrINO4. The quantitative estimate of drug-likeness (QED) is 0.145. The Bertz CT molecular complexity index is 1300. The summed E-state index contributed by atoms with van der Waals surface area (Å²) in [6, 6.07) is 19.7. The summed E-state index contributed by atoms with van der Waals surface area (Å²) in [5, 5.41) is 0. The van der Waals surface area contributed by atoms with Crippen molar-refractivity contribution in [3.05, 3.63) is 96.7 Å². The van der Waals surface area contributed by atoms with Crippen molar-refractivity contribution in [1.82, 2.24) is 0 Å². The number of hydrogen-bond donors (Lipinski definition) is 0. The summed E-state index contributed by atoms with van der Waals surface area (Å²) in [5.74, 6) is 1.43. The lowest BCUT2D eigenvalue weighted by atomic mass is 10.0. The molecular weight excluding hydrogens is 621 g/mol. The number of carbonyl (C=O) groups is 1. The van der Waals surface area contributed by atoms with Crippen LogP contribution in [0, 0.1) is 3.57 Å². The number of carbonyl (C=O) groups excluding carboxylic acids is 1. The zero-order valence-corrected chi connectivity index (χ0v) is 23.4. The summed E-state index contributed by atoms with van der Waals surface area (Å²) in [7, 11) is 0. The van der Waals surface area contributed by atoms with Crippen LogP contribution in [-0.4, -0.2) is 18.5 Å². The Labute approximate surface area is 227 Å². The van der Waals surface area contributed by atoms with Crippen molar-refractivity contribution >= 4 is 56.5 Å². The minimum Gasteiger partial charge on any atom is -0.490 e. The molecule has 0 fully saturated rings. The van der Waals surface area contributed by atoms with Crippen LogP contribution in [0.4, 0.5) is 0 Å². The van der Waals surface area contributed by atoms with E-state index in [0.29, 0.717) is 36.5 Å². The number of benzene rings is 3. The van der Waals surface area contributed by atoms with E-state index in [4.69, 9.17) is 14.2 Å². The second-order valence-corrected chi connectivity index (χ2v) is 10.4. The maximum absolute atomic E-state index is 12.5. The van der Waals surface area contributed by atoms with Gasteiger partial charge in [0.15, 0.2) is 17.2 Å². The number of ether oxygens (including phenoxy) is 3. The van der Waals surface area contributed by atoms with Crippen molar-refractivity contribution in [2.75, 3.05) is 6.61 Å². The first-order valence-corrected chi connectivity index (χ1v) is 13.2. The van der Waals surface area contributed by atoms with Gasteiger partial charge in [-0.1, -0.05) is 38.1 Å². The fraction of sp³-hybridized carbons (Fsp3) is 0.214. The third-order valence-electron chi connectivity index (χ3n) is 5.35. The fourth-order valence-corrected chi connectivity index (χ4v) is 4.74. The van der Waals surface area contributed by atoms with E-state index in [1.807, 2.05) is 61.5 Å². The zero-order chi connectivity index (χ0) is 24.9. The Morgan fingerprint density at radius 2 is 1.86 bits per heavy atom. The van der Waals surface area contributed by atoms with Crippen molar-refractivity contribution in [2.24, 2.45) is 4.99 Å². The molecule has 3 aromatic carbocycles. The molecule has 0 unspecified atom stereocenters. The Kier molecular flexibility index (Phi) is 8.28. The fourth-order valence-electron chi connectivity index (χ4n) is 3.56. The molecule has 0 amide bonds. The monoisotopic (exact) mass is 645 g/mol. The molecule has 0 aromatic heterocycles. The molecule has 1 aliphatic rings. The van der Waals surface area contributed by atoms with Crippen LogP contribution in [-0.2, 0) is 16.1 Å². The lowest BCUT2D eigenvalue weighted by Gasteiger charge is -2.15. The third-order valence-corrected chi connectivity index (χ3v) is 6.61. The highest BCUT2D eigenvalue weighted by molar-refractivity contribution is 14.1. The minimum absolute atomic E-state index is 0.231. The Balaban J connectivity index is 1.59. The molecule has 3 aromatic rings. The first-order valence-electron chi connectivity index (χ1n) is 11.3. The van der Waals surface area contributed by atoms with E-state index in [-0.39, 0.29) is 5.70 Å². The highest BCUT2D eigenvalue weighted by atomic mass is 127. The van der Waals surface area contributed by atoms with E-state index in [1.165, 1.54) is 5.56 Å². The highest BCUT2D eigenvalue weighted by Gasteiger charge is 2.24. The molecule has 0 radical (unpaired) electrons. The lowest BCUT2D eigenvalue weighted by molar-refractivity contribution is -0.129. The van der Waals surface area contributed by atoms with Gasteiger partial charge in [0.2, 0.25) is 5.90 Å². The topological polar surface area (TPSA) is 57.1 Å². The van der Waals surface area contributed by atoms with Crippen LogP contribution in [0.15, 0.2) is 75.8 Å². The van der Waals surface area contributed by atoms with Gasteiger partial charge >= 0.3 is 5.97 Å². The lowest BCUT2D eigenvalue weighted by Crippen LogP contribution is -2.05. The van der Waals surface area contributed by atoms with Crippen LogP contribution in [0.25, 0.3) is 6.08 Å². The summed E-state index contributed by atoms with van der Waals surface area (Å²) in [4.78, 5) is 17.0. The van der Waals surface area contributed by atoms with Gasteiger partial charge < -0.3 is 14.2 Å². The molecule has 0 spiro atoms. The van der Waals surface area contributed by atoms with E-state index >= 15 is 0 Å². The van der Waals surface area contributed by atoms with E-state index in [2.05, 4.69) is 63.4 Å². The SMILES string of the molecule is CCOc1cc(/C=C2\N=C(c3ccc(C(C)C)cc3)OC2=O)cc(Br)c1OCc1cccc(I)c1. The summed E-state index contributed by atoms with van der Waals surface area (Å²) in [6.45, 7) is 7.07. The van der Waals surface area contributed by atoms with Crippen LogP contribution in [0.2, 0.25) is 0 Å². The molecule has 0 aliphatic carbocycles. The molecule has 35 heavy (non-hydrogen) atoms. The zero-order valence-electron chi connectivity index (χ0n) is 19.7. The van der Waals surface area contributed by atoms with E-state index in [0.717, 1.165) is 24.7 Å². The second kappa shape index (κ2) is 11.4. The number of nitrogens with zero attached hydrogens (tertiary/aromatic N) is 1. The van der Waals surface area contributed by atoms with Crippen LogP contribution in [0.3, 0.4) is 0 Å². The molecule has 180 valence electrons. The smallest absolute Gasteiger partial charge is 0.363 e. The van der Waals surface area contributed by atoms with Gasteiger partial charge in [-0.15, -0.1) is 0 Å². The van der Waals surface area contributed by atoms with Gasteiger partial charge in [0.05, 0.1) is 11.1 Å². The average Bonchev–Trinajstić information content (AvgIpc) is 3.19. The molecule has 0 saturated heterocycles. The molecule has 0 saturated carbocycles. The van der Waals surface area contributed by atoms with Crippen LogP contribution in [0.1, 0.15) is 48.9 Å². The molecule has 1 aliphatic heterocycles.